The van der Waals surface area contributed by atoms with Gasteiger partial charge < -0.3 is 10.5 Å². The summed E-state index contributed by atoms with van der Waals surface area (Å²) < 4.78 is 5.42. The molecule has 0 spiro atoms. The second kappa shape index (κ2) is 8.89. The predicted octanol–water partition coefficient (Wildman–Crippen LogP) is 2.49. The van der Waals surface area contributed by atoms with Gasteiger partial charge in [0.05, 0.1) is 5.92 Å². The minimum absolute atomic E-state index is 0.0107. The van der Waals surface area contributed by atoms with Crippen LogP contribution in [0.1, 0.15) is 58.8 Å². The van der Waals surface area contributed by atoms with Gasteiger partial charge in [0, 0.05) is 5.71 Å². The molecule has 1 rings (SSSR count). The molecule has 1 aliphatic heterocycles. The Labute approximate surface area is 126 Å². The molecule has 0 aromatic rings. The van der Waals surface area contributed by atoms with Crippen molar-refractivity contribution in [2.24, 2.45) is 16.8 Å². The number of carbonyl (C=O) groups excluding carboxylic acids is 1. The molecule has 0 amide bonds. The van der Waals surface area contributed by atoms with Crippen molar-refractivity contribution in [3.8, 4) is 0 Å². The van der Waals surface area contributed by atoms with E-state index in [1.54, 1.807) is 0 Å². The van der Waals surface area contributed by atoms with Crippen LogP contribution < -0.4 is 11.2 Å². The molecule has 5 nitrogen and oxygen atoms in total. The zero-order valence-electron chi connectivity index (χ0n) is 12.4. The fourth-order valence-corrected chi connectivity index (χ4v) is 2.39. The van der Waals surface area contributed by atoms with E-state index in [1.807, 2.05) is 6.92 Å². The number of hydrazone groups is 1. The molecule has 0 radical (unpaired) electrons. The number of cyclic esters (lactones) is 1. The van der Waals surface area contributed by atoms with E-state index < -0.39 is 0 Å². The average molecular weight is 299 g/mol. The van der Waals surface area contributed by atoms with Gasteiger partial charge in [0.2, 0.25) is 0 Å². The van der Waals surface area contributed by atoms with Crippen LogP contribution in [-0.2, 0) is 9.53 Å². The van der Waals surface area contributed by atoms with Crippen LogP contribution in [0.2, 0.25) is 0 Å². The van der Waals surface area contributed by atoms with Crippen LogP contribution in [0.4, 0.5) is 0 Å². The lowest BCUT2D eigenvalue weighted by Gasteiger charge is -2.07. The lowest BCUT2D eigenvalue weighted by atomic mass is 9.96. The van der Waals surface area contributed by atoms with Gasteiger partial charge in [-0.05, 0) is 51.2 Å². The van der Waals surface area contributed by atoms with Crippen LogP contribution in [0.15, 0.2) is 5.10 Å². The van der Waals surface area contributed by atoms with Gasteiger partial charge in [-0.3, -0.25) is 10.2 Å². The largest absolute Gasteiger partial charge is 0.462 e. The van der Waals surface area contributed by atoms with Gasteiger partial charge in [0.25, 0.3) is 0 Å². The number of thiocarbonyl (C=S) groups is 1. The Hall–Kier alpha value is -1.17. The molecule has 0 bridgehead atoms. The van der Waals surface area contributed by atoms with E-state index in [1.165, 1.54) is 12.8 Å². The summed E-state index contributed by atoms with van der Waals surface area (Å²) in [7, 11) is 0. The zero-order valence-corrected chi connectivity index (χ0v) is 13.2. The minimum Gasteiger partial charge on any atom is -0.462 e. The predicted molar refractivity (Wildman–Crippen MR) is 84.4 cm³/mol. The summed E-state index contributed by atoms with van der Waals surface area (Å²) in [4.78, 5) is 11.8. The highest BCUT2D eigenvalue weighted by atomic mass is 32.1. The summed E-state index contributed by atoms with van der Waals surface area (Å²) >= 11 is 4.68. The summed E-state index contributed by atoms with van der Waals surface area (Å²) in [5.41, 5.74) is 8.74. The van der Waals surface area contributed by atoms with E-state index >= 15 is 0 Å². The monoisotopic (exact) mass is 299 g/mol. The van der Waals surface area contributed by atoms with E-state index in [-0.39, 0.29) is 23.1 Å². The highest BCUT2D eigenvalue weighted by Gasteiger charge is 2.33. The van der Waals surface area contributed by atoms with Crippen LogP contribution in [-0.4, -0.2) is 22.9 Å². The summed E-state index contributed by atoms with van der Waals surface area (Å²) in [5, 5.41) is 4.19. The number of unbranched alkanes of at least 4 members (excludes halogenated alkanes) is 2. The van der Waals surface area contributed by atoms with E-state index in [9.17, 15) is 4.79 Å². The van der Waals surface area contributed by atoms with Gasteiger partial charge in [0.1, 0.15) is 6.10 Å². The van der Waals surface area contributed by atoms with Crippen LogP contribution >= 0.6 is 12.2 Å². The standard InChI is InChI=1S/C14H25N3O2S/c1-3-4-5-6-12-9-11(13(18)19-12)8-7-10(2)16-17-14(15)20/h11-12H,3-9H2,1-2H3,(H3,15,17,20)/b16-10-/t11-,12+/m1/s1. The summed E-state index contributed by atoms with van der Waals surface area (Å²) in [6.07, 6.45) is 7.01. The quantitative estimate of drug-likeness (QED) is 0.237. The van der Waals surface area contributed by atoms with Crippen LogP contribution in [0, 0.1) is 5.92 Å². The number of ether oxygens (including phenoxy) is 1. The van der Waals surface area contributed by atoms with Crippen molar-refractivity contribution in [3.63, 3.8) is 0 Å². The first kappa shape index (κ1) is 16.9. The molecule has 1 aliphatic rings. The Kier molecular flexibility index (Phi) is 7.51. The molecule has 114 valence electrons. The van der Waals surface area contributed by atoms with Crippen molar-refractivity contribution in [2.75, 3.05) is 0 Å². The molecule has 20 heavy (non-hydrogen) atoms. The maximum absolute atomic E-state index is 11.8. The molecule has 1 fully saturated rings. The van der Waals surface area contributed by atoms with Gasteiger partial charge in [-0.25, -0.2) is 0 Å². The summed E-state index contributed by atoms with van der Waals surface area (Å²) in [6.45, 7) is 4.07. The summed E-state index contributed by atoms with van der Waals surface area (Å²) in [6, 6.07) is 0. The third kappa shape index (κ3) is 6.32. The van der Waals surface area contributed by atoms with Gasteiger partial charge in [-0.15, -0.1) is 0 Å². The van der Waals surface area contributed by atoms with E-state index in [0.29, 0.717) is 0 Å². The third-order valence-electron chi connectivity index (χ3n) is 3.50. The third-order valence-corrected chi connectivity index (χ3v) is 3.60. The van der Waals surface area contributed by atoms with Crippen molar-refractivity contribution < 1.29 is 9.53 Å². The Bertz CT molecular complexity index is 371. The molecule has 2 atom stereocenters. The number of rotatable bonds is 8. The maximum Gasteiger partial charge on any atom is 0.309 e. The normalized spacial score (nSPS) is 22.7. The first-order valence-electron chi connectivity index (χ1n) is 7.32. The average Bonchev–Trinajstić information content (AvgIpc) is 2.75. The number of esters is 1. The fraction of sp³-hybridized carbons (Fsp3) is 0.786. The molecule has 3 N–H and O–H groups in total. The minimum atomic E-state index is -0.0541. The van der Waals surface area contributed by atoms with Crippen molar-refractivity contribution in [1.29, 1.82) is 0 Å². The molecule has 0 aromatic carbocycles. The Morgan fingerprint density at radius 3 is 2.90 bits per heavy atom. The molecule has 0 aromatic heterocycles. The first-order chi connectivity index (χ1) is 9.52. The highest BCUT2D eigenvalue weighted by molar-refractivity contribution is 7.80. The van der Waals surface area contributed by atoms with Crippen molar-refractivity contribution >= 4 is 29.0 Å². The number of carbonyl (C=O) groups is 1. The van der Waals surface area contributed by atoms with Crippen LogP contribution in [0.25, 0.3) is 0 Å². The molecular formula is C14H25N3O2S. The molecule has 0 aliphatic carbocycles. The number of nitrogens with zero attached hydrogens (tertiary/aromatic N) is 1. The fourth-order valence-electron chi connectivity index (χ4n) is 2.35. The molecule has 6 heteroatoms. The number of nitrogens with one attached hydrogen (secondary N) is 1. The van der Waals surface area contributed by atoms with E-state index in [0.717, 1.165) is 37.8 Å². The lowest BCUT2D eigenvalue weighted by molar-refractivity contribution is -0.144. The molecule has 1 heterocycles. The zero-order chi connectivity index (χ0) is 15.0. The van der Waals surface area contributed by atoms with Crippen molar-refractivity contribution in [3.05, 3.63) is 0 Å². The SMILES string of the molecule is CCCCC[C@H]1C[C@@H](CC/C(C)=N\NC(N)=S)C(=O)O1. The lowest BCUT2D eigenvalue weighted by Crippen LogP contribution is -2.25. The summed E-state index contributed by atoms with van der Waals surface area (Å²) in [5.74, 6) is -0.0433. The number of hydrogen-bond donors (Lipinski definition) is 2. The molecular weight excluding hydrogens is 274 g/mol. The van der Waals surface area contributed by atoms with Crippen LogP contribution in [0.5, 0.6) is 0 Å². The first-order valence-corrected chi connectivity index (χ1v) is 7.72. The Morgan fingerprint density at radius 1 is 1.50 bits per heavy atom. The van der Waals surface area contributed by atoms with Crippen LogP contribution in [0.3, 0.4) is 0 Å². The number of nitrogens with two attached hydrogens (primary N) is 1. The molecule has 1 saturated heterocycles. The van der Waals surface area contributed by atoms with E-state index in [4.69, 9.17) is 10.5 Å². The molecule has 0 saturated carbocycles. The number of hydrogen-bond acceptors (Lipinski definition) is 4. The Balaban J connectivity index is 2.28. The Morgan fingerprint density at radius 2 is 2.25 bits per heavy atom. The van der Waals surface area contributed by atoms with E-state index in [2.05, 4.69) is 29.7 Å². The second-order valence-corrected chi connectivity index (χ2v) is 5.79. The molecule has 0 unspecified atom stereocenters. The van der Waals surface area contributed by atoms with Crippen molar-refractivity contribution in [2.45, 2.75) is 64.9 Å². The van der Waals surface area contributed by atoms with Crippen molar-refractivity contribution in [1.82, 2.24) is 5.43 Å². The van der Waals surface area contributed by atoms with Gasteiger partial charge >= 0.3 is 5.97 Å². The van der Waals surface area contributed by atoms with Gasteiger partial charge in [-0.2, -0.15) is 5.10 Å². The highest BCUT2D eigenvalue weighted by Crippen LogP contribution is 2.28. The topological polar surface area (TPSA) is 76.7 Å². The maximum atomic E-state index is 11.8. The smallest absolute Gasteiger partial charge is 0.309 e. The van der Waals surface area contributed by atoms with Gasteiger partial charge in [0.15, 0.2) is 5.11 Å². The van der Waals surface area contributed by atoms with Gasteiger partial charge in [-0.1, -0.05) is 19.8 Å². The second-order valence-electron chi connectivity index (χ2n) is 5.35.